The van der Waals surface area contributed by atoms with E-state index in [1.807, 2.05) is 13.8 Å². The lowest BCUT2D eigenvalue weighted by atomic mass is 9.74. The van der Waals surface area contributed by atoms with E-state index in [1.165, 1.54) is 0 Å². The SMILES string of the molecule is CC1(C)CC(=O)[C@H]([N+](=O)[O-])/C(=N/NC(N)=S)C1. The molecule has 0 amide bonds. The van der Waals surface area contributed by atoms with Gasteiger partial charge in [0.1, 0.15) is 5.71 Å². The Balaban J connectivity index is 3.01. The quantitative estimate of drug-likeness (QED) is 0.416. The van der Waals surface area contributed by atoms with Crippen LogP contribution in [0.1, 0.15) is 26.7 Å². The predicted octanol–water partition coefficient (Wildman–Crippen LogP) is 0.210. The van der Waals surface area contributed by atoms with E-state index in [1.54, 1.807) is 0 Å². The number of nitrogens with one attached hydrogen (secondary N) is 1. The van der Waals surface area contributed by atoms with Crippen LogP contribution in [0.3, 0.4) is 0 Å². The Morgan fingerprint density at radius 3 is 2.71 bits per heavy atom. The minimum absolute atomic E-state index is 0.0876. The summed E-state index contributed by atoms with van der Waals surface area (Å²) in [5.41, 5.74) is 7.33. The van der Waals surface area contributed by atoms with E-state index in [4.69, 9.17) is 5.73 Å². The van der Waals surface area contributed by atoms with Gasteiger partial charge >= 0.3 is 6.04 Å². The average Bonchev–Trinajstić information content (AvgIpc) is 2.10. The lowest BCUT2D eigenvalue weighted by Crippen LogP contribution is -2.47. The van der Waals surface area contributed by atoms with E-state index in [9.17, 15) is 14.9 Å². The van der Waals surface area contributed by atoms with Crippen LogP contribution in [0.25, 0.3) is 0 Å². The van der Waals surface area contributed by atoms with E-state index >= 15 is 0 Å². The van der Waals surface area contributed by atoms with Crippen molar-refractivity contribution in [2.45, 2.75) is 32.7 Å². The second-order valence-corrected chi connectivity index (χ2v) is 5.19. The summed E-state index contributed by atoms with van der Waals surface area (Å²) in [6.45, 7) is 3.72. The summed E-state index contributed by atoms with van der Waals surface area (Å²) < 4.78 is 0. The fourth-order valence-corrected chi connectivity index (χ4v) is 1.92. The summed E-state index contributed by atoms with van der Waals surface area (Å²) in [4.78, 5) is 21.9. The fourth-order valence-electron chi connectivity index (χ4n) is 1.87. The number of carbonyl (C=O) groups excluding carboxylic acids is 1. The Kier molecular flexibility index (Phi) is 3.76. The van der Waals surface area contributed by atoms with Gasteiger partial charge in [-0.1, -0.05) is 13.8 Å². The number of nitrogens with two attached hydrogens (primary N) is 1. The molecule has 0 unspecified atom stereocenters. The summed E-state index contributed by atoms with van der Waals surface area (Å²) in [7, 11) is 0. The summed E-state index contributed by atoms with van der Waals surface area (Å²) in [6.07, 6.45) is 0.532. The van der Waals surface area contributed by atoms with Gasteiger partial charge in [0.15, 0.2) is 5.11 Å². The number of Topliss-reactive ketones (excluding diaryl/α,β-unsaturated/α-hetero) is 1. The molecule has 1 rings (SSSR count). The molecule has 8 heteroatoms. The standard InChI is InChI=1S/C9H14N4O3S/c1-9(2)3-5(11-12-8(10)17)7(13(15)16)6(14)4-9/h7H,3-4H2,1-2H3,(H3,10,12,17)/b11-5+/t7-/m1/s1. The molecular weight excluding hydrogens is 244 g/mol. The van der Waals surface area contributed by atoms with Crippen LogP contribution in [0, 0.1) is 15.5 Å². The minimum Gasteiger partial charge on any atom is -0.375 e. The van der Waals surface area contributed by atoms with Crippen molar-refractivity contribution in [3.05, 3.63) is 10.1 Å². The molecule has 0 aliphatic heterocycles. The van der Waals surface area contributed by atoms with Crippen molar-refractivity contribution in [3.63, 3.8) is 0 Å². The van der Waals surface area contributed by atoms with Crippen LogP contribution in [0.2, 0.25) is 0 Å². The van der Waals surface area contributed by atoms with Gasteiger partial charge in [0.25, 0.3) is 0 Å². The van der Waals surface area contributed by atoms with Gasteiger partial charge in [-0.05, 0) is 17.6 Å². The Morgan fingerprint density at radius 2 is 2.24 bits per heavy atom. The Labute approximate surface area is 104 Å². The van der Waals surface area contributed by atoms with Gasteiger partial charge in [0.05, 0.1) is 0 Å². The second kappa shape index (κ2) is 4.74. The Hall–Kier alpha value is -1.57. The predicted molar refractivity (Wildman–Crippen MR) is 66.2 cm³/mol. The highest BCUT2D eigenvalue weighted by Gasteiger charge is 2.45. The molecule has 1 aliphatic carbocycles. The van der Waals surface area contributed by atoms with Crippen molar-refractivity contribution in [2.75, 3.05) is 0 Å². The van der Waals surface area contributed by atoms with Crippen molar-refractivity contribution in [2.24, 2.45) is 16.3 Å². The number of rotatable bonds is 2. The molecule has 0 radical (unpaired) electrons. The third-order valence-electron chi connectivity index (χ3n) is 2.45. The van der Waals surface area contributed by atoms with Crippen molar-refractivity contribution in [1.29, 1.82) is 0 Å². The highest BCUT2D eigenvalue weighted by molar-refractivity contribution is 7.80. The lowest BCUT2D eigenvalue weighted by molar-refractivity contribution is -0.490. The first-order chi connectivity index (χ1) is 7.73. The number of thiocarbonyl (C=S) groups is 1. The maximum absolute atomic E-state index is 11.7. The minimum atomic E-state index is -1.38. The molecule has 1 aliphatic rings. The maximum atomic E-state index is 11.7. The van der Waals surface area contributed by atoms with Crippen molar-refractivity contribution >= 4 is 28.8 Å². The summed E-state index contributed by atoms with van der Waals surface area (Å²) in [6, 6.07) is -1.38. The highest BCUT2D eigenvalue weighted by atomic mass is 32.1. The highest BCUT2D eigenvalue weighted by Crippen LogP contribution is 2.32. The Morgan fingerprint density at radius 1 is 1.65 bits per heavy atom. The van der Waals surface area contributed by atoms with Crippen molar-refractivity contribution in [3.8, 4) is 0 Å². The number of nitrogens with zero attached hydrogens (tertiary/aromatic N) is 2. The molecule has 0 spiro atoms. The first-order valence-corrected chi connectivity index (χ1v) is 5.42. The fraction of sp³-hybridized carbons (Fsp3) is 0.667. The van der Waals surface area contributed by atoms with Gasteiger partial charge in [0, 0.05) is 17.8 Å². The molecule has 94 valence electrons. The molecule has 1 atom stereocenters. The average molecular weight is 258 g/mol. The summed E-state index contributed by atoms with van der Waals surface area (Å²) >= 11 is 4.56. The number of ketones is 1. The van der Waals surface area contributed by atoms with Gasteiger partial charge in [0.2, 0.25) is 5.78 Å². The van der Waals surface area contributed by atoms with Gasteiger partial charge < -0.3 is 5.73 Å². The third kappa shape index (κ3) is 3.45. The van der Waals surface area contributed by atoms with Crippen LogP contribution in [0.15, 0.2) is 5.10 Å². The molecule has 3 N–H and O–H groups in total. The summed E-state index contributed by atoms with van der Waals surface area (Å²) in [5, 5.41) is 14.5. The second-order valence-electron chi connectivity index (χ2n) is 4.75. The molecule has 0 aromatic heterocycles. The number of nitro groups is 1. The van der Waals surface area contributed by atoms with Gasteiger partial charge in [-0.3, -0.25) is 20.3 Å². The molecule has 0 heterocycles. The van der Waals surface area contributed by atoms with Crippen LogP contribution in [-0.2, 0) is 4.79 Å². The number of hydrogen-bond donors (Lipinski definition) is 2. The number of carbonyl (C=O) groups is 1. The van der Waals surface area contributed by atoms with Gasteiger partial charge in [-0.15, -0.1) is 0 Å². The van der Waals surface area contributed by atoms with Crippen LogP contribution in [0.4, 0.5) is 0 Å². The van der Waals surface area contributed by atoms with E-state index in [2.05, 4.69) is 22.7 Å². The molecule has 0 aromatic carbocycles. The van der Waals surface area contributed by atoms with E-state index in [0.717, 1.165) is 0 Å². The van der Waals surface area contributed by atoms with Crippen LogP contribution >= 0.6 is 12.2 Å². The Bertz CT molecular complexity index is 405. The maximum Gasteiger partial charge on any atom is 0.309 e. The monoisotopic (exact) mass is 258 g/mol. The molecule has 0 aromatic rings. The third-order valence-corrected chi connectivity index (χ3v) is 2.54. The molecular formula is C9H14N4O3S. The van der Waals surface area contributed by atoms with Crippen LogP contribution in [-0.4, -0.2) is 27.6 Å². The van der Waals surface area contributed by atoms with E-state index in [-0.39, 0.29) is 22.7 Å². The summed E-state index contributed by atoms with van der Waals surface area (Å²) in [5.74, 6) is -0.435. The molecule has 1 fully saturated rings. The number of hydrogen-bond acceptors (Lipinski definition) is 5. The first-order valence-electron chi connectivity index (χ1n) is 5.01. The molecule has 17 heavy (non-hydrogen) atoms. The molecule has 0 bridgehead atoms. The van der Waals surface area contributed by atoms with E-state index < -0.39 is 16.7 Å². The van der Waals surface area contributed by atoms with Crippen LogP contribution in [0.5, 0.6) is 0 Å². The lowest BCUT2D eigenvalue weighted by Gasteiger charge is -2.30. The largest absolute Gasteiger partial charge is 0.375 e. The smallest absolute Gasteiger partial charge is 0.309 e. The topological polar surface area (TPSA) is 111 Å². The van der Waals surface area contributed by atoms with Crippen LogP contribution < -0.4 is 11.2 Å². The van der Waals surface area contributed by atoms with Gasteiger partial charge in [-0.25, -0.2) is 0 Å². The zero-order chi connectivity index (χ0) is 13.2. The molecule has 0 saturated heterocycles. The normalized spacial score (nSPS) is 25.6. The van der Waals surface area contributed by atoms with E-state index in [0.29, 0.717) is 6.42 Å². The molecule has 7 nitrogen and oxygen atoms in total. The molecule has 1 saturated carbocycles. The van der Waals surface area contributed by atoms with Gasteiger partial charge in [-0.2, -0.15) is 5.10 Å². The van der Waals surface area contributed by atoms with Crippen molar-refractivity contribution < 1.29 is 9.72 Å². The zero-order valence-electron chi connectivity index (χ0n) is 9.60. The first kappa shape index (κ1) is 13.5. The van der Waals surface area contributed by atoms with Crippen molar-refractivity contribution in [1.82, 2.24) is 5.43 Å². The zero-order valence-corrected chi connectivity index (χ0v) is 10.4. The number of hydrazone groups is 1.